The molecule has 2 aliphatic rings. The molecule has 1 aliphatic heterocycles. The van der Waals surface area contributed by atoms with Gasteiger partial charge in [0.2, 0.25) is 0 Å². The molecule has 3 N–H and O–H groups in total. The van der Waals surface area contributed by atoms with Crippen LogP contribution in [0.2, 0.25) is 0 Å². The summed E-state index contributed by atoms with van der Waals surface area (Å²) in [5.41, 5.74) is 0. The van der Waals surface area contributed by atoms with Crippen LogP contribution in [0.15, 0.2) is 0 Å². The minimum atomic E-state index is 0.00509. The molecule has 2 amide bonds. The molecule has 0 spiro atoms. The molecule has 0 aromatic heterocycles. The molecule has 0 aromatic carbocycles. The predicted molar refractivity (Wildman–Crippen MR) is 55.2 cm³/mol. The molecule has 4 nitrogen and oxygen atoms in total. The molecule has 0 radical (unpaired) electrons. The fourth-order valence-corrected chi connectivity index (χ4v) is 1.83. The molecule has 0 aromatic rings. The van der Waals surface area contributed by atoms with E-state index in [4.69, 9.17) is 0 Å². The van der Waals surface area contributed by atoms with Gasteiger partial charge in [0.15, 0.2) is 0 Å². The van der Waals surface area contributed by atoms with E-state index in [1.54, 1.807) is 0 Å². The zero-order valence-electron chi connectivity index (χ0n) is 8.51. The third kappa shape index (κ3) is 3.18. The summed E-state index contributed by atoms with van der Waals surface area (Å²) in [5, 5.41) is 9.21. The molecule has 4 heteroatoms. The van der Waals surface area contributed by atoms with Crippen LogP contribution in [-0.2, 0) is 0 Å². The lowest BCUT2D eigenvalue weighted by Gasteiger charge is -2.11. The molecule has 1 atom stereocenters. The van der Waals surface area contributed by atoms with Crippen molar-refractivity contribution in [2.24, 2.45) is 0 Å². The van der Waals surface area contributed by atoms with E-state index in [-0.39, 0.29) is 6.03 Å². The maximum atomic E-state index is 11.2. The van der Waals surface area contributed by atoms with E-state index in [0.29, 0.717) is 12.1 Å². The lowest BCUT2D eigenvalue weighted by molar-refractivity contribution is 0.240. The minimum Gasteiger partial charge on any atom is -0.338 e. The SMILES string of the molecule is O=C(NCC[C@@H]1CCCN1)NC1CC1. The molecule has 0 unspecified atom stereocenters. The van der Waals surface area contributed by atoms with Crippen LogP contribution in [0.5, 0.6) is 0 Å². The van der Waals surface area contributed by atoms with Gasteiger partial charge in [0.05, 0.1) is 0 Å². The Morgan fingerprint density at radius 1 is 1.36 bits per heavy atom. The van der Waals surface area contributed by atoms with Crippen molar-refractivity contribution in [2.45, 2.75) is 44.2 Å². The van der Waals surface area contributed by atoms with Gasteiger partial charge < -0.3 is 16.0 Å². The largest absolute Gasteiger partial charge is 0.338 e. The minimum absolute atomic E-state index is 0.00509. The van der Waals surface area contributed by atoms with Crippen molar-refractivity contribution in [3.05, 3.63) is 0 Å². The fourth-order valence-electron chi connectivity index (χ4n) is 1.83. The lowest BCUT2D eigenvalue weighted by atomic mass is 10.1. The van der Waals surface area contributed by atoms with Gasteiger partial charge in [-0.2, -0.15) is 0 Å². The lowest BCUT2D eigenvalue weighted by Crippen LogP contribution is -2.38. The average molecular weight is 197 g/mol. The number of hydrogen-bond acceptors (Lipinski definition) is 2. The van der Waals surface area contributed by atoms with Gasteiger partial charge in [-0.25, -0.2) is 4.79 Å². The summed E-state index contributed by atoms with van der Waals surface area (Å²) >= 11 is 0. The Morgan fingerprint density at radius 3 is 2.86 bits per heavy atom. The summed E-state index contributed by atoms with van der Waals surface area (Å²) < 4.78 is 0. The number of rotatable bonds is 4. The topological polar surface area (TPSA) is 53.2 Å². The molecule has 80 valence electrons. The van der Waals surface area contributed by atoms with E-state index in [1.807, 2.05) is 0 Å². The number of nitrogens with one attached hydrogen (secondary N) is 3. The van der Waals surface area contributed by atoms with Crippen LogP contribution in [0.1, 0.15) is 32.1 Å². The fraction of sp³-hybridized carbons (Fsp3) is 0.900. The van der Waals surface area contributed by atoms with E-state index >= 15 is 0 Å². The van der Waals surface area contributed by atoms with Crippen LogP contribution in [0.25, 0.3) is 0 Å². The summed E-state index contributed by atoms with van der Waals surface area (Å²) in [5.74, 6) is 0. The third-order valence-electron chi connectivity index (χ3n) is 2.85. The Kier molecular flexibility index (Phi) is 3.24. The first-order valence-electron chi connectivity index (χ1n) is 5.62. The van der Waals surface area contributed by atoms with Crippen molar-refractivity contribution in [1.82, 2.24) is 16.0 Å². The second-order valence-electron chi connectivity index (χ2n) is 4.26. The molecule has 14 heavy (non-hydrogen) atoms. The van der Waals surface area contributed by atoms with Crippen molar-refractivity contribution in [2.75, 3.05) is 13.1 Å². The zero-order chi connectivity index (χ0) is 9.80. The molecule has 1 heterocycles. The first kappa shape index (κ1) is 9.77. The Bertz CT molecular complexity index is 198. The highest BCUT2D eigenvalue weighted by atomic mass is 16.2. The molecular formula is C10H19N3O. The first-order chi connectivity index (χ1) is 6.84. The van der Waals surface area contributed by atoms with Gasteiger partial charge in [0, 0.05) is 18.6 Å². The second-order valence-corrected chi connectivity index (χ2v) is 4.26. The second kappa shape index (κ2) is 4.64. The van der Waals surface area contributed by atoms with E-state index in [1.165, 1.54) is 12.8 Å². The quantitative estimate of drug-likeness (QED) is 0.618. The van der Waals surface area contributed by atoms with E-state index in [0.717, 1.165) is 32.4 Å². The van der Waals surface area contributed by atoms with Crippen LogP contribution >= 0.6 is 0 Å². The summed E-state index contributed by atoms with van der Waals surface area (Å²) in [6.07, 6.45) is 5.89. The van der Waals surface area contributed by atoms with Gasteiger partial charge in [0.25, 0.3) is 0 Å². The highest BCUT2D eigenvalue weighted by Crippen LogP contribution is 2.18. The van der Waals surface area contributed by atoms with Crippen LogP contribution in [0, 0.1) is 0 Å². The van der Waals surface area contributed by atoms with Gasteiger partial charge in [-0.05, 0) is 38.6 Å². The molecule has 1 saturated carbocycles. The third-order valence-corrected chi connectivity index (χ3v) is 2.85. The average Bonchev–Trinajstić information content (AvgIpc) is 2.82. The Labute approximate surface area is 84.8 Å². The highest BCUT2D eigenvalue weighted by Gasteiger charge is 2.23. The number of carbonyl (C=O) groups is 1. The summed E-state index contributed by atoms with van der Waals surface area (Å²) in [7, 11) is 0. The standard InChI is InChI=1S/C10H19N3O/c14-10(13-9-3-4-9)12-7-5-8-2-1-6-11-8/h8-9,11H,1-7H2,(H2,12,13,14)/t8-/m0/s1. The van der Waals surface area contributed by atoms with Gasteiger partial charge in [-0.3, -0.25) is 0 Å². The molecule has 1 saturated heterocycles. The van der Waals surface area contributed by atoms with Crippen molar-refractivity contribution in [1.29, 1.82) is 0 Å². The van der Waals surface area contributed by atoms with Crippen molar-refractivity contribution in [3.63, 3.8) is 0 Å². The molecule has 2 rings (SSSR count). The maximum Gasteiger partial charge on any atom is 0.315 e. The molecule has 1 aliphatic carbocycles. The number of amides is 2. The van der Waals surface area contributed by atoms with E-state index in [2.05, 4.69) is 16.0 Å². The number of carbonyl (C=O) groups excluding carboxylic acids is 1. The van der Waals surface area contributed by atoms with Crippen molar-refractivity contribution < 1.29 is 4.79 Å². The van der Waals surface area contributed by atoms with Crippen molar-refractivity contribution >= 4 is 6.03 Å². The van der Waals surface area contributed by atoms with Gasteiger partial charge in [0.1, 0.15) is 0 Å². The summed E-state index contributed by atoms with van der Waals surface area (Å²) in [4.78, 5) is 11.2. The molecular weight excluding hydrogens is 178 g/mol. The normalized spacial score (nSPS) is 26.1. The highest BCUT2D eigenvalue weighted by molar-refractivity contribution is 5.74. The first-order valence-corrected chi connectivity index (χ1v) is 5.62. The summed E-state index contributed by atoms with van der Waals surface area (Å²) in [6, 6.07) is 1.08. The Hall–Kier alpha value is -0.770. The molecule has 2 fully saturated rings. The molecule has 0 bridgehead atoms. The van der Waals surface area contributed by atoms with E-state index in [9.17, 15) is 4.79 Å². The Balaban J connectivity index is 1.50. The van der Waals surface area contributed by atoms with E-state index < -0.39 is 0 Å². The van der Waals surface area contributed by atoms with Crippen LogP contribution in [0.4, 0.5) is 4.79 Å². The zero-order valence-corrected chi connectivity index (χ0v) is 8.51. The monoisotopic (exact) mass is 197 g/mol. The van der Waals surface area contributed by atoms with Gasteiger partial charge in [-0.1, -0.05) is 0 Å². The van der Waals surface area contributed by atoms with Crippen LogP contribution in [0.3, 0.4) is 0 Å². The van der Waals surface area contributed by atoms with Crippen LogP contribution < -0.4 is 16.0 Å². The number of urea groups is 1. The smallest absolute Gasteiger partial charge is 0.315 e. The van der Waals surface area contributed by atoms with Gasteiger partial charge >= 0.3 is 6.03 Å². The predicted octanol–water partition coefficient (Wildman–Crippen LogP) is 0.590. The van der Waals surface area contributed by atoms with Crippen molar-refractivity contribution in [3.8, 4) is 0 Å². The van der Waals surface area contributed by atoms with Gasteiger partial charge in [-0.15, -0.1) is 0 Å². The van der Waals surface area contributed by atoms with Crippen LogP contribution in [-0.4, -0.2) is 31.2 Å². The summed E-state index contributed by atoms with van der Waals surface area (Å²) in [6.45, 7) is 1.93. The number of hydrogen-bond donors (Lipinski definition) is 3. The maximum absolute atomic E-state index is 11.2. The Morgan fingerprint density at radius 2 is 2.21 bits per heavy atom.